The Kier molecular flexibility index (Phi) is 9.22. The molecule has 0 atom stereocenters. The summed E-state index contributed by atoms with van der Waals surface area (Å²) in [6, 6.07) is 3.64. The lowest BCUT2D eigenvalue weighted by Crippen LogP contribution is -2.14. The number of hydrogen-bond donors (Lipinski definition) is 1. The summed E-state index contributed by atoms with van der Waals surface area (Å²) in [4.78, 5) is 28.8. The molecule has 7 nitrogen and oxygen atoms in total. The monoisotopic (exact) mass is 545 g/mol. The lowest BCUT2D eigenvalue weighted by atomic mass is 10.1. The summed E-state index contributed by atoms with van der Waals surface area (Å²) in [7, 11) is 1.55. The number of aliphatic hydroxyl groups is 1. The van der Waals surface area contributed by atoms with Gasteiger partial charge >= 0.3 is 5.97 Å². The van der Waals surface area contributed by atoms with Gasteiger partial charge in [0.1, 0.15) is 16.4 Å². The highest BCUT2D eigenvalue weighted by molar-refractivity contribution is 14.1. The normalized spacial score (nSPS) is 16.3. The lowest BCUT2D eigenvalue weighted by molar-refractivity contribution is -0.138. The summed E-state index contributed by atoms with van der Waals surface area (Å²) >= 11 is 3.20. The van der Waals surface area contributed by atoms with Crippen molar-refractivity contribution in [1.82, 2.24) is 0 Å². The maximum Gasteiger partial charge on any atom is 0.344 e. The molecule has 30 heavy (non-hydrogen) atoms. The number of aliphatic imine (C=N–C) groups is 1. The average Bonchev–Trinajstić information content (AvgIpc) is 2.98. The van der Waals surface area contributed by atoms with E-state index >= 15 is 0 Å². The number of nitrogens with zero attached hydrogens (tertiary/aromatic N) is 1. The number of ether oxygens (including phenoxy) is 3. The number of hydrogen-bond acceptors (Lipinski definition) is 7. The Morgan fingerprint density at radius 3 is 2.57 bits per heavy atom. The van der Waals surface area contributed by atoms with Crippen LogP contribution >= 0.6 is 34.4 Å². The first-order chi connectivity index (χ1) is 14.4. The smallest absolute Gasteiger partial charge is 0.344 e. The van der Waals surface area contributed by atoms with Gasteiger partial charge in [-0.1, -0.05) is 18.7 Å². The molecule has 0 spiro atoms. The van der Waals surface area contributed by atoms with E-state index in [2.05, 4.69) is 27.6 Å². The standard InChI is InChI=1S/C21H24INO6S/c1-5-8-16(24)23-20-17(21(26)29-7-3)18(25)15(30-20)11-12-9-13(22)19(28-6-2)14(10-12)27-4/h9-11,25H,5-8H2,1-4H3/b15-11-,23-20?. The number of esters is 1. The van der Waals surface area contributed by atoms with Crippen LogP contribution in [0.5, 0.6) is 11.5 Å². The van der Waals surface area contributed by atoms with Crippen molar-refractivity contribution in [3.63, 3.8) is 0 Å². The molecular weight excluding hydrogens is 521 g/mol. The van der Waals surface area contributed by atoms with Crippen LogP contribution in [0.1, 0.15) is 39.2 Å². The van der Waals surface area contributed by atoms with Gasteiger partial charge in [-0.3, -0.25) is 4.79 Å². The van der Waals surface area contributed by atoms with Crippen molar-refractivity contribution in [3.8, 4) is 11.5 Å². The molecule has 1 aromatic rings. The van der Waals surface area contributed by atoms with Crippen molar-refractivity contribution in [1.29, 1.82) is 0 Å². The van der Waals surface area contributed by atoms with E-state index in [4.69, 9.17) is 14.2 Å². The van der Waals surface area contributed by atoms with Crippen molar-refractivity contribution < 1.29 is 28.9 Å². The first kappa shape index (κ1) is 24.3. The number of thioether (sulfide) groups is 1. The highest BCUT2D eigenvalue weighted by Gasteiger charge is 2.33. The van der Waals surface area contributed by atoms with Gasteiger partial charge in [-0.05, 0) is 66.6 Å². The fourth-order valence-electron chi connectivity index (χ4n) is 2.63. The largest absolute Gasteiger partial charge is 0.506 e. The van der Waals surface area contributed by atoms with E-state index in [0.29, 0.717) is 29.4 Å². The molecule has 0 unspecified atom stereocenters. The number of benzene rings is 1. The van der Waals surface area contributed by atoms with E-state index in [-0.39, 0.29) is 35.3 Å². The molecule has 1 N–H and O–H groups in total. The molecule has 0 bridgehead atoms. The maximum atomic E-state index is 12.4. The molecule has 1 heterocycles. The molecule has 0 fully saturated rings. The third kappa shape index (κ3) is 5.78. The second-order valence-electron chi connectivity index (χ2n) is 6.08. The van der Waals surface area contributed by atoms with Gasteiger partial charge in [0.05, 0.1) is 28.8 Å². The molecule has 1 aromatic carbocycles. The number of aliphatic hydroxyl groups excluding tert-OH is 1. The fourth-order valence-corrected chi connectivity index (χ4v) is 4.45. The van der Waals surface area contributed by atoms with Gasteiger partial charge in [0.25, 0.3) is 0 Å². The number of amides is 1. The molecular formula is C21H24INO6S. The molecule has 1 aliphatic heterocycles. The van der Waals surface area contributed by atoms with Gasteiger partial charge < -0.3 is 19.3 Å². The third-order valence-electron chi connectivity index (χ3n) is 3.90. The summed E-state index contributed by atoms with van der Waals surface area (Å²) < 4.78 is 16.9. The van der Waals surface area contributed by atoms with Crippen molar-refractivity contribution in [2.24, 2.45) is 4.99 Å². The molecule has 2 rings (SSSR count). The van der Waals surface area contributed by atoms with Gasteiger partial charge in [0, 0.05) is 6.42 Å². The van der Waals surface area contributed by atoms with Crippen LogP contribution in [-0.2, 0) is 14.3 Å². The minimum absolute atomic E-state index is 0.0925. The quantitative estimate of drug-likeness (QED) is 0.368. The molecule has 9 heteroatoms. The zero-order valence-electron chi connectivity index (χ0n) is 17.3. The van der Waals surface area contributed by atoms with Crippen LogP contribution in [0.25, 0.3) is 6.08 Å². The minimum Gasteiger partial charge on any atom is -0.506 e. The van der Waals surface area contributed by atoms with Crippen LogP contribution in [0.4, 0.5) is 0 Å². The van der Waals surface area contributed by atoms with Crippen LogP contribution in [0.2, 0.25) is 0 Å². The van der Waals surface area contributed by atoms with Crippen molar-refractivity contribution >= 4 is 57.3 Å². The molecule has 1 amide bonds. The number of carbonyl (C=O) groups is 2. The Bertz CT molecular complexity index is 922. The molecule has 162 valence electrons. The highest BCUT2D eigenvalue weighted by Crippen LogP contribution is 2.41. The zero-order valence-corrected chi connectivity index (χ0v) is 20.3. The van der Waals surface area contributed by atoms with E-state index < -0.39 is 5.97 Å². The van der Waals surface area contributed by atoms with E-state index in [1.54, 1.807) is 26.2 Å². The lowest BCUT2D eigenvalue weighted by Gasteiger charge is -2.12. The van der Waals surface area contributed by atoms with Crippen LogP contribution in [0.15, 0.2) is 33.4 Å². The molecule has 1 aliphatic rings. The fraction of sp³-hybridized carbons (Fsp3) is 0.381. The topological polar surface area (TPSA) is 94.4 Å². The highest BCUT2D eigenvalue weighted by atomic mass is 127. The van der Waals surface area contributed by atoms with E-state index in [1.165, 1.54) is 0 Å². The Balaban J connectivity index is 2.51. The third-order valence-corrected chi connectivity index (χ3v) is 5.72. The predicted molar refractivity (Wildman–Crippen MR) is 126 cm³/mol. The summed E-state index contributed by atoms with van der Waals surface area (Å²) in [6.07, 6.45) is 2.60. The number of methoxy groups -OCH3 is 1. The van der Waals surface area contributed by atoms with Crippen LogP contribution in [0.3, 0.4) is 0 Å². The average molecular weight is 545 g/mol. The minimum atomic E-state index is -0.715. The first-order valence-electron chi connectivity index (χ1n) is 9.48. The molecule has 0 saturated carbocycles. The number of carbonyl (C=O) groups excluding carboxylic acids is 2. The Morgan fingerprint density at radius 2 is 1.97 bits per heavy atom. The van der Waals surface area contributed by atoms with Crippen LogP contribution in [-0.4, -0.2) is 42.4 Å². The molecule has 0 aromatic heterocycles. The number of halogens is 1. The molecule has 0 radical (unpaired) electrons. The maximum absolute atomic E-state index is 12.4. The van der Waals surface area contributed by atoms with E-state index in [1.807, 2.05) is 19.9 Å². The van der Waals surface area contributed by atoms with Gasteiger partial charge in [0.2, 0.25) is 5.91 Å². The van der Waals surface area contributed by atoms with Crippen LogP contribution in [0, 0.1) is 3.57 Å². The molecule has 0 saturated heterocycles. The second-order valence-corrected chi connectivity index (χ2v) is 8.28. The van der Waals surface area contributed by atoms with Gasteiger partial charge in [-0.15, -0.1) is 0 Å². The van der Waals surface area contributed by atoms with Crippen molar-refractivity contribution in [2.75, 3.05) is 20.3 Å². The first-order valence-corrected chi connectivity index (χ1v) is 11.4. The van der Waals surface area contributed by atoms with Crippen molar-refractivity contribution in [2.45, 2.75) is 33.6 Å². The Labute approximate surface area is 193 Å². The van der Waals surface area contributed by atoms with Gasteiger partial charge in [-0.2, -0.15) is 0 Å². The molecule has 0 aliphatic carbocycles. The van der Waals surface area contributed by atoms with Crippen molar-refractivity contribution in [3.05, 3.63) is 37.5 Å². The summed E-state index contributed by atoms with van der Waals surface area (Å²) in [5.41, 5.74) is 0.642. The Hall–Kier alpha value is -2.01. The summed E-state index contributed by atoms with van der Waals surface area (Å²) in [5.74, 6) is -0.133. The van der Waals surface area contributed by atoms with Gasteiger partial charge in [0.15, 0.2) is 11.5 Å². The number of rotatable bonds is 8. The Morgan fingerprint density at radius 1 is 1.23 bits per heavy atom. The predicted octanol–water partition coefficient (Wildman–Crippen LogP) is 4.89. The zero-order chi connectivity index (χ0) is 22.3. The summed E-state index contributed by atoms with van der Waals surface area (Å²) in [6.45, 7) is 6.07. The summed E-state index contributed by atoms with van der Waals surface area (Å²) in [5, 5.41) is 10.8. The SMILES string of the molecule is CCCC(=O)N=C1S/C(=C\c2cc(I)c(OCC)c(OC)c2)C(O)=C1C(=O)OCC. The van der Waals surface area contributed by atoms with E-state index in [0.717, 1.165) is 20.9 Å². The van der Waals surface area contributed by atoms with E-state index in [9.17, 15) is 14.7 Å². The van der Waals surface area contributed by atoms with Crippen LogP contribution < -0.4 is 9.47 Å². The van der Waals surface area contributed by atoms with Gasteiger partial charge in [-0.25, -0.2) is 9.79 Å². The second kappa shape index (κ2) is 11.4.